The van der Waals surface area contributed by atoms with E-state index in [9.17, 15) is 14.9 Å². The van der Waals surface area contributed by atoms with Gasteiger partial charge in [0.15, 0.2) is 0 Å². The van der Waals surface area contributed by atoms with Gasteiger partial charge in [0, 0.05) is 43.9 Å². The summed E-state index contributed by atoms with van der Waals surface area (Å²) < 4.78 is 0. The molecular weight excluding hydrogens is 400 g/mol. The Hall–Kier alpha value is -3.04. The first-order chi connectivity index (χ1) is 13.9. The van der Waals surface area contributed by atoms with Crippen molar-refractivity contribution < 1.29 is 19.9 Å². The number of nitro groups is 1. The highest BCUT2D eigenvalue weighted by Gasteiger charge is 2.10. The molecule has 0 heterocycles. The smallest absolute Gasteiger partial charge is 0.303 e. The number of carbonyl (C=O) groups is 1. The summed E-state index contributed by atoms with van der Waals surface area (Å²) >= 11 is 6.00. The van der Waals surface area contributed by atoms with Gasteiger partial charge in [0.1, 0.15) is 5.69 Å². The molecule has 0 amide bonds. The van der Waals surface area contributed by atoms with E-state index in [-0.39, 0.29) is 23.7 Å². The van der Waals surface area contributed by atoms with Crippen molar-refractivity contribution in [3.63, 3.8) is 0 Å². The van der Waals surface area contributed by atoms with Crippen LogP contribution in [0.1, 0.15) is 19.3 Å². The molecule has 0 atom stereocenters. The minimum absolute atomic E-state index is 0.0533. The molecule has 2 rings (SSSR count). The topological polar surface area (TPSA) is 129 Å². The average molecular weight is 421 g/mol. The van der Waals surface area contributed by atoms with E-state index in [0.29, 0.717) is 37.3 Å². The van der Waals surface area contributed by atoms with Crippen LogP contribution in [0.3, 0.4) is 0 Å². The largest absolute Gasteiger partial charge is 0.481 e. The second kappa shape index (κ2) is 11.1. The van der Waals surface area contributed by atoms with Crippen molar-refractivity contribution in [3.8, 4) is 0 Å². The zero-order valence-electron chi connectivity index (χ0n) is 15.6. The van der Waals surface area contributed by atoms with Crippen molar-refractivity contribution in [2.24, 2.45) is 10.2 Å². The Labute approximate surface area is 172 Å². The number of rotatable bonds is 11. The Morgan fingerprint density at radius 3 is 2.38 bits per heavy atom. The molecule has 0 fully saturated rings. The van der Waals surface area contributed by atoms with Crippen molar-refractivity contribution >= 4 is 40.3 Å². The van der Waals surface area contributed by atoms with E-state index in [1.807, 2.05) is 17.0 Å². The van der Waals surface area contributed by atoms with Gasteiger partial charge >= 0.3 is 5.97 Å². The molecule has 0 saturated heterocycles. The number of carboxylic acid groups (broad SMARTS) is 1. The molecule has 2 N–H and O–H groups in total. The lowest BCUT2D eigenvalue weighted by Gasteiger charge is -2.24. The number of hydrogen-bond donors (Lipinski definition) is 2. The van der Waals surface area contributed by atoms with E-state index in [1.54, 1.807) is 12.1 Å². The molecule has 0 aromatic heterocycles. The molecule has 154 valence electrons. The van der Waals surface area contributed by atoms with Gasteiger partial charge in [-0.1, -0.05) is 11.6 Å². The van der Waals surface area contributed by atoms with E-state index in [2.05, 4.69) is 10.2 Å². The molecule has 0 aliphatic carbocycles. The predicted octanol–water partition coefficient (Wildman–Crippen LogP) is 4.72. The van der Waals surface area contributed by atoms with Crippen molar-refractivity contribution in [2.45, 2.75) is 19.3 Å². The van der Waals surface area contributed by atoms with E-state index < -0.39 is 10.9 Å². The number of aliphatic carboxylic acids is 1. The number of nitro benzene ring substituents is 1. The number of aliphatic hydroxyl groups excluding tert-OH is 1. The zero-order chi connectivity index (χ0) is 21.2. The van der Waals surface area contributed by atoms with E-state index >= 15 is 0 Å². The molecular formula is C19H21ClN4O5. The third-order valence-electron chi connectivity index (χ3n) is 4.03. The number of anilines is 1. The summed E-state index contributed by atoms with van der Waals surface area (Å²) in [5.74, 6) is -0.840. The van der Waals surface area contributed by atoms with E-state index in [4.69, 9.17) is 21.8 Å². The standard InChI is InChI=1S/C19H21ClN4O5/c20-17-13-16(24(28)29)8-9-18(17)22-21-14-4-6-15(7-5-14)23(11-2-12-25)10-1-3-19(26)27/h4-9,13,25H,1-3,10-12H2,(H,26,27). The van der Waals surface area contributed by atoms with Crippen molar-refractivity contribution in [2.75, 3.05) is 24.6 Å². The molecule has 29 heavy (non-hydrogen) atoms. The summed E-state index contributed by atoms with van der Waals surface area (Å²) in [7, 11) is 0. The van der Waals surface area contributed by atoms with Crippen LogP contribution >= 0.6 is 11.6 Å². The molecule has 0 unspecified atom stereocenters. The molecule has 2 aromatic carbocycles. The van der Waals surface area contributed by atoms with Gasteiger partial charge in [0.25, 0.3) is 5.69 Å². The Morgan fingerprint density at radius 1 is 1.10 bits per heavy atom. The first-order valence-electron chi connectivity index (χ1n) is 8.94. The summed E-state index contributed by atoms with van der Waals surface area (Å²) in [4.78, 5) is 22.9. The van der Waals surface area contributed by atoms with Crippen LogP contribution in [0.5, 0.6) is 0 Å². The molecule has 0 aliphatic rings. The number of azo groups is 1. The fourth-order valence-corrected chi connectivity index (χ4v) is 2.80. The highest BCUT2D eigenvalue weighted by molar-refractivity contribution is 6.33. The number of halogens is 1. The van der Waals surface area contributed by atoms with Crippen LogP contribution < -0.4 is 4.90 Å². The second-order valence-electron chi connectivity index (χ2n) is 6.17. The van der Waals surface area contributed by atoms with Crippen molar-refractivity contribution in [1.29, 1.82) is 0 Å². The molecule has 0 aliphatic heterocycles. The van der Waals surface area contributed by atoms with E-state index in [1.165, 1.54) is 18.2 Å². The third kappa shape index (κ3) is 7.13. The Kier molecular flexibility index (Phi) is 8.50. The highest BCUT2D eigenvalue weighted by atomic mass is 35.5. The number of hydrogen-bond acceptors (Lipinski definition) is 7. The number of benzene rings is 2. The summed E-state index contributed by atoms with van der Waals surface area (Å²) in [6.07, 6.45) is 1.16. The second-order valence-corrected chi connectivity index (χ2v) is 6.58. The fourth-order valence-electron chi connectivity index (χ4n) is 2.58. The van der Waals surface area contributed by atoms with Gasteiger partial charge in [-0.15, -0.1) is 5.11 Å². The van der Waals surface area contributed by atoms with Crippen LogP contribution in [0.2, 0.25) is 5.02 Å². The van der Waals surface area contributed by atoms with Gasteiger partial charge in [-0.05, 0) is 43.2 Å². The number of non-ortho nitro benzene ring substituents is 1. The minimum atomic E-state index is -0.840. The number of carboxylic acids is 1. The third-order valence-corrected chi connectivity index (χ3v) is 4.34. The zero-order valence-corrected chi connectivity index (χ0v) is 16.3. The van der Waals surface area contributed by atoms with Crippen LogP contribution in [0, 0.1) is 10.1 Å². The molecule has 0 saturated carbocycles. The molecule has 2 aromatic rings. The lowest BCUT2D eigenvalue weighted by molar-refractivity contribution is -0.384. The van der Waals surface area contributed by atoms with Crippen LogP contribution in [-0.2, 0) is 4.79 Å². The lowest BCUT2D eigenvalue weighted by Crippen LogP contribution is -2.26. The summed E-state index contributed by atoms with van der Waals surface area (Å²) in [5.41, 5.74) is 1.65. The minimum Gasteiger partial charge on any atom is -0.481 e. The fraction of sp³-hybridized carbons (Fsp3) is 0.316. The van der Waals surface area contributed by atoms with Crippen LogP contribution in [-0.4, -0.2) is 40.8 Å². The van der Waals surface area contributed by atoms with Gasteiger partial charge in [-0.25, -0.2) is 0 Å². The number of aliphatic hydroxyl groups is 1. The lowest BCUT2D eigenvalue weighted by atomic mass is 10.2. The molecule has 10 heteroatoms. The SMILES string of the molecule is O=C(O)CCCN(CCCO)c1ccc(N=Nc2ccc([N+](=O)[O-])cc2Cl)cc1. The van der Waals surface area contributed by atoms with Crippen LogP contribution in [0.4, 0.5) is 22.7 Å². The number of nitrogens with zero attached hydrogens (tertiary/aromatic N) is 4. The normalized spacial score (nSPS) is 11.0. The quantitative estimate of drug-likeness (QED) is 0.307. The summed E-state index contributed by atoms with van der Waals surface area (Å²) in [6.45, 7) is 1.22. The maximum atomic E-state index is 10.7. The van der Waals surface area contributed by atoms with Gasteiger partial charge in [-0.2, -0.15) is 5.11 Å². The van der Waals surface area contributed by atoms with Gasteiger partial charge in [-0.3, -0.25) is 14.9 Å². The maximum Gasteiger partial charge on any atom is 0.303 e. The van der Waals surface area contributed by atoms with Crippen molar-refractivity contribution in [3.05, 3.63) is 57.6 Å². The van der Waals surface area contributed by atoms with Gasteiger partial charge in [0.2, 0.25) is 0 Å². The van der Waals surface area contributed by atoms with Crippen molar-refractivity contribution in [1.82, 2.24) is 0 Å². The maximum absolute atomic E-state index is 10.7. The molecule has 9 nitrogen and oxygen atoms in total. The highest BCUT2D eigenvalue weighted by Crippen LogP contribution is 2.30. The molecule has 0 spiro atoms. The van der Waals surface area contributed by atoms with Crippen LogP contribution in [0.25, 0.3) is 0 Å². The summed E-state index contributed by atoms with van der Waals surface area (Å²) in [5, 5.41) is 36.9. The Morgan fingerprint density at radius 2 is 1.79 bits per heavy atom. The van der Waals surface area contributed by atoms with E-state index in [0.717, 1.165) is 5.69 Å². The summed E-state index contributed by atoms with van der Waals surface area (Å²) in [6, 6.07) is 11.1. The van der Waals surface area contributed by atoms with Crippen LogP contribution in [0.15, 0.2) is 52.7 Å². The first kappa shape index (κ1) is 22.3. The van der Waals surface area contributed by atoms with Gasteiger partial charge < -0.3 is 15.1 Å². The Balaban J connectivity index is 2.07. The molecule has 0 radical (unpaired) electrons. The first-order valence-corrected chi connectivity index (χ1v) is 9.32. The monoisotopic (exact) mass is 420 g/mol. The van der Waals surface area contributed by atoms with Gasteiger partial charge in [0.05, 0.1) is 15.6 Å². The molecule has 0 bridgehead atoms. The average Bonchev–Trinajstić information content (AvgIpc) is 2.69. The Bertz CT molecular complexity index is 873. The predicted molar refractivity (Wildman–Crippen MR) is 110 cm³/mol.